The Labute approximate surface area is 127 Å². The Hall–Kier alpha value is -2.89. The molecule has 0 saturated carbocycles. The van der Waals surface area contributed by atoms with Crippen molar-refractivity contribution in [3.05, 3.63) is 48.3 Å². The highest BCUT2D eigenvalue weighted by Crippen LogP contribution is 2.25. The number of hydrogen-bond acceptors (Lipinski definition) is 4. The number of aromatic hydroxyl groups is 1. The van der Waals surface area contributed by atoms with Crippen molar-refractivity contribution >= 4 is 17.1 Å². The summed E-state index contributed by atoms with van der Waals surface area (Å²) >= 11 is 0. The highest BCUT2D eigenvalue weighted by atomic mass is 16.3. The molecule has 112 valence electrons. The molecular formula is C16H16N4O2. The van der Waals surface area contributed by atoms with Gasteiger partial charge in [0.25, 0.3) is 0 Å². The quantitative estimate of drug-likeness (QED) is 0.777. The molecule has 0 bridgehead atoms. The van der Waals surface area contributed by atoms with E-state index in [1.54, 1.807) is 6.07 Å². The fourth-order valence-electron chi connectivity index (χ4n) is 2.46. The van der Waals surface area contributed by atoms with Gasteiger partial charge in [-0.2, -0.15) is 4.98 Å². The van der Waals surface area contributed by atoms with E-state index in [1.165, 1.54) is 13.0 Å². The van der Waals surface area contributed by atoms with E-state index >= 15 is 0 Å². The molecule has 0 spiro atoms. The summed E-state index contributed by atoms with van der Waals surface area (Å²) < 4.78 is 1.84. The van der Waals surface area contributed by atoms with Gasteiger partial charge in [-0.05, 0) is 25.1 Å². The third-order valence-corrected chi connectivity index (χ3v) is 3.34. The van der Waals surface area contributed by atoms with Gasteiger partial charge >= 0.3 is 0 Å². The zero-order valence-electron chi connectivity index (χ0n) is 12.3. The second-order valence-corrected chi connectivity index (χ2v) is 5.08. The molecule has 22 heavy (non-hydrogen) atoms. The van der Waals surface area contributed by atoms with Crippen LogP contribution in [0.25, 0.3) is 16.9 Å². The lowest BCUT2D eigenvalue weighted by Gasteiger charge is -2.15. The molecule has 0 unspecified atom stereocenters. The molecule has 0 aliphatic heterocycles. The Morgan fingerprint density at radius 2 is 1.91 bits per heavy atom. The first-order valence-corrected chi connectivity index (χ1v) is 6.97. The van der Waals surface area contributed by atoms with E-state index in [2.05, 4.69) is 15.3 Å². The van der Waals surface area contributed by atoms with Crippen LogP contribution in [-0.4, -0.2) is 25.5 Å². The third kappa shape index (κ3) is 2.50. The maximum Gasteiger partial charge on any atom is 0.217 e. The predicted octanol–water partition coefficient (Wildman–Crippen LogP) is 2.32. The average molecular weight is 296 g/mol. The summed E-state index contributed by atoms with van der Waals surface area (Å²) in [6, 6.07) is 12.5. The van der Waals surface area contributed by atoms with Gasteiger partial charge in [0.05, 0.1) is 6.04 Å². The van der Waals surface area contributed by atoms with Gasteiger partial charge in [-0.3, -0.25) is 9.36 Å². The SMILES string of the molecule is CC(=O)N[C@@H](C)c1nc2ccc(O)nc2n1-c1ccccc1. The molecule has 0 radical (unpaired) electrons. The van der Waals surface area contributed by atoms with Crippen molar-refractivity contribution in [2.24, 2.45) is 0 Å². The Morgan fingerprint density at radius 3 is 2.59 bits per heavy atom. The van der Waals surface area contributed by atoms with Crippen molar-refractivity contribution < 1.29 is 9.90 Å². The van der Waals surface area contributed by atoms with Crippen LogP contribution < -0.4 is 5.32 Å². The molecular weight excluding hydrogens is 280 g/mol. The van der Waals surface area contributed by atoms with Gasteiger partial charge in [0, 0.05) is 18.7 Å². The molecule has 0 fully saturated rings. The molecule has 1 atom stereocenters. The van der Waals surface area contributed by atoms with E-state index in [9.17, 15) is 9.90 Å². The van der Waals surface area contributed by atoms with Crippen LogP contribution in [0.15, 0.2) is 42.5 Å². The smallest absolute Gasteiger partial charge is 0.217 e. The van der Waals surface area contributed by atoms with E-state index in [-0.39, 0.29) is 17.8 Å². The zero-order chi connectivity index (χ0) is 15.7. The number of imidazole rings is 1. The van der Waals surface area contributed by atoms with Gasteiger partial charge < -0.3 is 10.4 Å². The molecule has 0 aliphatic rings. The van der Waals surface area contributed by atoms with Crippen molar-refractivity contribution in [2.75, 3.05) is 0 Å². The van der Waals surface area contributed by atoms with Crippen LogP contribution in [0.1, 0.15) is 25.7 Å². The van der Waals surface area contributed by atoms with Crippen LogP contribution >= 0.6 is 0 Å². The number of aromatic nitrogens is 3. The summed E-state index contributed by atoms with van der Waals surface area (Å²) in [6.07, 6.45) is 0. The first-order chi connectivity index (χ1) is 10.6. The molecule has 0 aliphatic carbocycles. The number of nitrogens with zero attached hydrogens (tertiary/aromatic N) is 3. The fraction of sp³-hybridized carbons (Fsp3) is 0.188. The van der Waals surface area contributed by atoms with Crippen molar-refractivity contribution in [3.63, 3.8) is 0 Å². The van der Waals surface area contributed by atoms with E-state index < -0.39 is 0 Å². The molecule has 6 heteroatoms. The molecule has 2 heterocycles. The van der Waals surface area contributed by atoms with Gasteiger partial charge in [0.15, 0.2) is 5.65 Å². The number of benzene rings is 1. The van der Waals surface area contributed by atoms with Crippen molar-refractivity contribution in [2.45, 2.75) is 19.9 Å². The topological polar surface area (TPSA) is 80.0 Å². The lowest BCUT2D eigenvalue weighted by Crippen LogP contribution is -2.26. The normalized spacial score (nSPS) is 12.3. The second kappa shape index (κ2) is 5.48. The monoisotopic (exact) mass is 296 g/mol. The summed E-state index contributed by atoms with van der Waals surface area (Å²) in [5.41, 5.74) is 2.09. The summed E-state index contributed by atoms with van der Waals surface area (Å²) in [5.74, 6) is 0.466. The number of para-hydroxylation sites is 1. The van der Waals surface area contributed by atoms with Gasteiger partial charge in [0.1, 0.15) is 11.3 Å². The molecule has 0 saturated heterocycles. The van der Waals surface area contributed by atoms with Crippen LogP contribution in [0.5, 0.6) is 5.88 Å². The van der Waals surface area contributed by atoms with E-state index in [0.29, 0.717) is 17.0 Å². The van der Waals surface area contributed by atoms with Crippen LogP contribution in [0, 0.1) is 0 Å². The minimum atomic E-state index is -0.283. The number of rotatable bonds is 3. The Morgan fingerprint density at radius 1 is 1.18 bits per heavy atom. The standard InChI is InChI=1S/C16H16N4O2/c1-10(17-11(2)21)15-18-13-8-9-14(22)19-16(13)20(15)12-6-4-3-5-7-12/h3-10H,1-2H3,(H,17,21)(H,19,22)/t10-/m0/s1. The molecule has 6 nitrogen and oxygen atoms in total. The van der Waals surface area contributed by atoms with Crippen LogP contribution in [0.4, 0.5) is 0 Å². The van der Waals surface area contributed by atoms with Gasteiger partial charge in [0.2, 0.25) is 11.8 Å². The number of amides is 1. The highest BCUT2D eigenvalue weighted by Gasteiger charge is 2.19. The fourth-order valence-corrected chi connectivity index (χ4v) is 2.46. The predicted molar refractivity (Wildman–Crippen MR) is 82.8 cm³/mol. The maximum atomic E-state index is 11.3. The molecule has 2 N–H and O–H groups in total. The van der Waals surface area contributed by atoms with E-state index in [4.69, 9.17) is 0 Å². The minimum Gasteiger partial charge on any atom is -0.493 e. The molecule has 2 aromatic heterocycles. The van der Waals surface area contributed by atoms with Gasteiger partial charge in [-0.25, -0.2) is 4.98 Å². The maximum absolute atomic E-state index is 11.3. The number of pyridine rings is 1. The van der Waals surface area contributed by atoms with Crippen LogP contribution in [-0.2, 0) is 4.79 Å². The summed E-state index contributed by atoms with van der Waals surface area (Å²) in [6.45, 7) is 3.33. The lowest BCUT2D eigenvalue weighted by molar-refractivity contribution is -0.119. The Bertz CT molecular complexity index is 827. The van der Waals surface area contributed by atoms with Crippen molar-refractivity contribution in [3.8, 4) is 11.6 Å². The summed E-state index contributed by atoms with van der Waals surface area (Å²) in [5, 5.41) is 12.5. The zero-order valence-corrected chi connectivity index (χ0v) is 12.3. The second-order valence-electron chi connectivity index (χ2n) is 5.08. The number of fused-ring (bicyclic) bond motifs is 1. The van der Waals surface area contributed by atoms with Crippen LogP contribution in [0.3, 0.4) is 0 Å². The van der Waals surface area contributed by atoms with Crippen molar-refractivity contribution in [1.82, 2.24) is 19.9 Å². The van der Waals surface area contributed by atoms with Crippen LogP contribution in [0.2, 0.25) is 0 Å². The van der Waals surface area contributed by atoms with E-state index in [1.807, 2.05) is 41.8 Å². The number of carbonyl (C=O) groups is 1. The number of carbonyl (C=O) groups excluding carboxylic acids is 1. The number of nitrogens with one attached hydrogen (secondary N) is 1. The van der Waals surface area contributed by atoms with Crippen molar-refractivity contribution in [1.29, 1.82) is 0 Å². The molecule has 3 aromatic rings. The first-order valence-electron chi connectivity index (χ1n) is 6.97. The largest absolute Gasteiger partial charge is 0.493 e. The number of hydrogen-bond donors (Lipinski definition) is 2. The Kier molecular flexibility index (Phi) is 3.50. The average Bonchev–Trinajstić information content (AvgIpc) is 2.86. The third-order valence-electron chi connectivity index (χ3n) is 3.34. The van der Waals surface area contributed by atoms with Gasteiger partial charge in [-0.15, -0.1) is 0 Å². The summed E-state index contributed by atoms with van der Waals surface area (Å²) in [7, 11) is 0. The van der Waals surface area contributed by atoms with Gasteiger partial charge in [-0.1, -0.05) is 18.2 Å². The molecule has 3 rings (SSSR count). The first kappa shape index (κ1) is 14.1. The molecule has 1 amide bonds. The highest BCUT2D eigenvalue weighted by molar-refractivity contribution is 5.76. The Balaban J connectivity index is 2.25. The minimum absolute atomic E-state index is 0.0664. The van der Waals surface area contributed by atoms with E-state index in [0.717, 1.165) is 5.69 Å². The summed E-state index contributed by atoms with van der Waals surface area (Å²) in [4.78, 5) is 20.1. The lowest BCUT2D eigenvalue weighted by atomic mass is 10.2. The molecule has 1 aromatic carbocycles.